The summed E-state index contributed by atoms with van der Waals surface area (Å²) in [6.07, 6.45) is 1.39. The van der Waals surface area contributed by atoms with Crippen LogP contribution in [0.2, 0.25) is 15.1 Å². The Hall–Kier alpha value is -1.69. The summed E-state index contributed by atoms with van der Waals surface area (Å²) in [6.45, 7) is 1.54. The molecule has 1 N–H and O–H groups in total. The zero-order valence-corrected chi connectivity index (χ0v) is 13.7. The van der Waals surface area contributed by atoms with Gasteiger partial charge in [0.25, 0.3) is 5.91 Å². The lowest BCUT2D eigenvalue weighted by Gasteiger charge is -2.08. The van der Waals surface area contributed by atoms with Crippen LogP contribution in [0.3, 0.4) is 0 Å². The fourth-order valence-corrected chi connectivity index (χ4v) is 2.07. The molecule has 0 aliphatic rings. The van der Waals surface area contributed by atoms with E-state index in [1.165, 1.54) is 18.3 Å². The number of nitrogens with one attached hydrogen (secondary N) is 1. The molecule has 2 rings (SSSR count). The maximum absolute atomic E-state index is 11.6. The highest BCUT2D eigenvalue weighted by atomic mass is 35.5. The van der Waals surface area contributed by atoms with Crippen LogP contribution in [0.15, 0.2) is 33.8 Å². The van der Waals surface area contributed by atoms with Crippen LogP contribution in [0.5, 0.6) is 5.75 Å². The molecular weight excluding hydrogens is 351 g/mol. The molecule has 0 spiro atoms. The Morgan fingerprint density at radius 3 is 2.68 bits per heavy atom. The van der Waals surface area contributed by atoms with Gasteiger partial charge in [-0.15, -0.1) is 0 Å². The molecule has 0 unspecified atom stereocenters. The molecule has 0 aliphatic heterocycles. The molecule has 1 amide bonds. The van der Waals surface area contributed by atoms with Crippen molar-refractivity contribution < 1.29 is 13.9 Å². The lowest BCUT2D eigenvalue weighted by Crippen LogP contribution is -2.24. The summed E-state index contributed by atoms with van der Waals surface area (Å²) in [5, 5.41) is 4.60. The van der Waals surface area contributed by atoms with Crippen LogP contribution in [0.25, 0.3) is 0 Å². The van der Waals surface area contributed by atoms with Crippen molar-refractivity contribution in [3.8, 4) is 5.75 Å². The third-order valence-corrected chi connectivity index (χ3v) is 3.49. The highest BCUT2D eigenvalue weighted by Crippen LogP contribution is 2.33. The second-order valence-corrected chi connectivity index (χ2v) is 5.45. The summed E-state index contributed by atoms with van der Waals surface area (Å²) in [4.78, 5) is 11.6. The quantitative estimate of drug-likeness (QED) is 0.496. The zero-order valence-electron chi connectivity index (χ0n) is 11.4. The molecule has 0 aliphatic carbocycles. The van der Waals surface area contributed by atoms with Gasteiger partial charge in [0.1, 0.15) is 17.3 Å². The van der Waals surface area contributed by atoms with Crippen molar-refractivity contribution in [1.29, 1.82) is 0 Å². The van der Waals surface area contributed by atoms with Gasteiger partial charge in [-0.05, 0) is 25.1 Å². The van der Waals surface area contributed by atoms with Gasteiger partial charge in [0.2, 0.25) is 0 Å². The second kappa shape index (κ2) is 7.54. The molecule has 116 valence electrons. The second-order valence-electron chi connectivity index (χ2n) is 4.23. The number of rotatable bonds is 5. The smallest absolute Gasteiger partial charge is 0.277 e. The molecule has 1 aromatic carbocycles. The summed E-state index contributed by atoms with van der Waals surface area (Å²) in [5.74, 6) is 1.09. The van der Waals surface area contributed by atoms with Gasteiger partial charge in [-0.3, -0.25) is 4.79 Å². The largest absolute Gasteiger partial charge is 0.482 e. The van der Waals surface area contributed by atoms with Crippen LogP contribution in [-0.2, 0) is 4.79 Å². The Bertz CT molecular complexity index is 713. The number of amides is 1. The monoisotopic (exact) mass is 360 g/mol. The molecule has 1 aromatic heterocycles. The summed E-state index contributed by atoms with van der Waals surface area (Å²) in [5.41, 5.74) is 2.30. The minimum Gasteiger partial charge on any atom is -0.482 e. The predicted molar refractivity (Wildman–Crippen MR) is 86.1 cm³/mol. The summed E-state index contributed by atoms with van der Waals surface area (Å²) in [7, 11) is 0. The van der Waals surface area contributed by atoms with Crippen LogP contribution in [0.1, 0.15) is 11.5 Å². The standard InChI is InChI=1S/C14H11Cl3N2O3/c1-8-2-3-9(22-8)6-18-19-14(20)7-21-13-5-11(16)10(15)4-12(13)17/h2-6H,7H2,1H3,(H,19,20). The molecule has 0 fully saturated rings. The molecule has 1 heterocycles. The first-order valence-electron chi connectivity index (χ1n) is 6.11. The van der Waals surface area contributed by atoms with Crippen molar-refractivity contribution in [2.24, 2.45) is 5.10 Å². The minimum absolute atomic E-state index is 0.261. The molecule has 5 nitrogen and oxygen atoms in total. The normalized spacial score (nSPS) is 10.9. The first-order chi connectivity index (χ1) is 10.5. The number of hydrogen-bond acceptors (Lipinski definition) is 4. The van der Waals surface area contributed by atoms with Gasteiger partial charge in [-0.2, -0.15) is 5.10 Å². The SMILES string of the molecule is Cc1ccc(C=NNC(=O)COc2cc(Cl)c(Cl)cc2Cl)o1. The van der Waals surface area contributed by atoms with Crippen molar-refractivity contribution in [1.82, 2.24) is 5.43 Å². The number of nitrogens with zero attached hydrogens (tertiary/aromatic N) is 1. The lowest BCUT2D eigenvalue weighted by atomic mass is 10.3. The third kappa shape index (κ3) is 4.66. The number of halogens is 3. The molecule has 0 atom stereocenters. The van der Waals surface area contributed by atoms with E-state index in [0.717, 1.165) is 5.76 Å². The molecule has 2 aromatic rings. The Balaban J connectivity index is 1.85. The van der Waals surface area contributed by atoms with Gasteiger partial charge >= 0.3 is 0 Å². The number of ether oxygens (including phenoxy) is 1. The van der Waals surface area contributed by atoms with E-state index in [9.17, 15) is 4.79 Å². The van der Waals surface area contributed by atoms with Gasteiger partial charge in [0.05, 0.1) is 21.3 Å². The molecule has 22 heavy (non-hydrogen) atoms. The molecule has 0 radical (unpaired) electrons. The maximum atomic E-state index is 11.6. The van der Waals surface area contributed by atoms with E-state index in [1.54, 1.807) is 12.1 Å². The van der Waals surface area contributed by atoms with E-state index in [2.05, 4.69) is 10.5 Å². The molecule has 8 heteroatoms. The van der Waals surface area contributed by atoms with Crippen molar-refractivity contribution in [2.45, 2.75) is 6.92 Å². The van der Waals surface area contributed by atoms with Crippen LogP contribution in [0.4, 0.5) is 0 Å². The topological polar surface area (TPSA) is 63.8 Å². The summed E-state index contributed by atoms with van der Waals surface area (Å²) < 4.78 is 10.5. The van der Waals surface area contributed by atoms with Crippen LogP contribution in [-0.4, -0.2) is 18.7 Å². The van der Waals surface area contributed by atoms with Gasteiger partial charge in [-0.1, -0.05) is 34.8 Å². The van der Waals surface area contributed by atoms with E-state index in [1.807, 2.05) is 6.92 Å². The number of aryl methyl sites for hydroxylation is 1. The number of furan rings is 1. The average Bonchev–Trinajstić information content (AvgIpc) is 2.87. The highest BCUT2D eigenvalue weighted by molar-refractivity contribution is 6.43. The fraction of sp³-hybridized carbons (Fsp3) is 0.143. The van der Waals surface area contributed by atoms with E-state index in [0.29, 0.717) is 10.8 Å². The highest BCUT2D eigenvalue weighted by Gasteiger charge is 2.09. The number of hydrogen-bond donors (Lipinski definition) is 1. The maximum Gasteiger partial charge on any atom is 0.277 e. The Morgan fingerprint density at radius 1 is 1.27 bits per heavy atom. The van der Waals surface area contributed by atoms with E-state index >= 15 is 0 Å². The van der Waals surface area contributed by atoms with E-state index in [-0.39, 0.29) is 22.4 Å². The minimum atomic E-state index is -0.457. The molecule has 0 saturated heterocycles. The number of benzene rings is 1. The third-order valence-electron chi connectivity index (χ3n) is 2.48. The number of carbonyl (C=O) groups is 1. The zero-order chi connectivity index (χ0) is 16.1. The Morgan fingerprint density at radius 2 is 2.00 bits per heavy atom. The van der Waals surface area contributed by atoms with Crippen LogP contribution >= 0.6 is 34.8 Å². The summed E-state index contributed by atoms with van der Waals surface area (Å²) >= 11 is 17.6. The molecular formula is C14H11Cl3N2O3. The van der Waals surface area contributed by atoms with Gasteiger partial charge in [0.15, 0.2) is 6.61 Å². The number of carbonyl (C=O) groups excluding carboxylic acids is 1. The van der Waals surface area contributed by atoms with Crippen LogP contribution < -0.4 is 10.2 Å². The van der Waals surface area contributed by atoms with Crippen molar-refractivity contribution in [3.63, 3.8) is 0 Å². The Labute approximate surface area is 141 Å². The average molecular weight is 362 g/mol. The predicted octanol–water partition coefficient (Wildman–Crippen LogP) is 4.08. The first kappa shape index (κ1) is 16.7. The van der Waals surface area contributed by atoms with Crippen molar-refractivity contribution in [3.05, 3.63) is 50.9 Å². The van der Waals surface area contributed by atoms with E-state index < -0.39 is 5.91 Å². The van der Waals surface area contributed by atoms with Crippen LogP contribution in [0, 0.1) is 6.92 Å². The van der Waals surface area contributed by atoms with Crippen molar-refractivity contribution in [2.75, 3.05) is 6.61 Å². The van der Waals surface area contributed by atoms with Crippen molar-refractivity contribution >= 4 is 46.9 Å². The molecule has 0 saturated carbocycles. The van der Waals surface area contributed by atoms with Gasteiger partial charge < -0.3 is 9.15 Å². The summed E-state index contributed by atoms with van der Waals surface area (Å²) in [6, 6.07) is 6.40. The van der Waals surface area contributed by atoms with Gasteiger partial charge in [-0.25, -0.2) is 5.43 Å². The molecule has 0 bridgehead atoms. The first-order valence-corrected chi connectivity index (χ1v) is 7.25. The lowest BCUT2D eigenvalue weighted by molar-refractivity contribution is -0.123. The number of hydrazone groups is 1. The van der Waals surface area contributed by atoms with Gasteiger partial charge in [0, 0.05) is 6.07 Å². The fourth-order valence-electron chi connectivity index (χ4n) is 1.48. The van der Waals surface area contributed by atoms with E-state index in [4.69, 9.17) is 44.0 Å². The Kier molecular flexibility index (Phi) is 5.71.